The normalized spacial score (nSPS) is 17.4. The molecule has 1 N–H and O–H groups in total. The van der Waals surface area contributed by atoms with Crippen LogP contribution >= 0.6 is 11.6 Å². The topological polar surface area (TPSA) is 57.2 Å². The van der Waals surface area contributed by atoms with E-state index in [1.807, 2.05) is 14.1 Å². The maximum absolute atomic E-state index is 6.02. The Kier molecular flexibility index (Phi) is 5.37. The first kappa shape index (κ1) is 15.3. The van der Waals surface area contributed by atoms with Gasteiger partial charge < -0.3 is 15.1 Å². The summed E-state index contributed by atoms with van der Waals surface area (Å²) >= 11 is 6.02. The molecule has 1 fully saturated rings. The number of likely N-dealkylation sites (N-methyl/N-ethyl adjacent to an activating group) is 1. The number of nitrogens with zero attached hydrogens (tertiary/aromatic N) is 5. The van der Waals surface area contributed by atoms with E-state index in [-0.39, 0.29) is 11.3 Å². The van der Waals surface area contributed by atoms with Crippen LogP contribution in [0.2, 0.25) is 5.28 Å². The summed E-state index contributed by atoms with van der Waals surface area (Å²) < 4.78 is 0. The number of hydrogen-bond acceptors (Lipinski definition) is 6. The molecule has 7 heteroatoms. The van der Waals surface area contributed by atoms with Crippen LogP contribution in [0.25, 0.3) is 0 Å². The van der Waals surface area contributed by atoms with Crippen LogP contribution in [0.3, 0.4) is 0 Å². The second-order valence-corrected chi connectivity index (χ2v) is 5.92. The monoisotopic (exact) mass is 298 g/mol. The molecule has 20 heavy (non-hydrogen) atoms. The molecule has 1 aliphatic rings. The molecule has 0 radical (unpaired) electrons. The molecule has 0 aliphatic carbocycles. The summed E-state index contributed by atoms with van der Waals surface area (Å²) in [6.07, 6.45) is 3.65. The summed E-state index contributed by atoms with van der Waals surface area (Å²) in [5, 5.41) is 3.53. The summed E-state index contributed by atoms with van der Waals surface area (Å²) in [7, 11) is 4.08. The van der Waals surface area contributed by atoms with E-state index in [4.69, 9.17) is 11.6 Å². The Balaban J connectivity index is 2.07. The molecule has 2 rings (SSSR count). The average Bonchev–Trinajstić information content (AvgIpc) is 2.38. The Hall–Kier alpha value is -1.14. The minimum absolute atomic E-state index is 0.248. The lowest BCUT2D eigenvalue weighted by Gasteiger charge is -2.27. The van der Waals surface area contributed by atoms with Crippen molar-refractivity contribution in [3.05, 3.63) is 5.28 Å². The van der Waals surface area contributed by atoms with Crippen molar-refractivity contribution in [2.45, 2.75) is 32.2 Å². The highest BCUT2D eigenvalue weighted by molar-refractivity contribution is 6.28. The van der Waals surface area contributed by atoms with Crippen molar-refractivity contribution >= 4 is 23.5 Å². The summed E-state index contributed by atoms with van der Waals surface area (Å²) in [6, 6.07) is 0.248. The largest absolute Gasteiger partial charge is 0.350 e. The van der Waals surface area contributed by atoms with Gasteiger partial charge in [-0.15, -0.1) is 0 Å². The van der Waals surface area contributed by atoms with Crippen molar-refractivity contribution in [2.24, 2.45) is 0 Å². The first-order chi connectivity index (χ1) is 9.54. The highest BCUT2D eigenvalue weighted by Gasteiger charge is 2.16. The predicted octanol–water partition coefficient (Wildman–Crippen LogP) is 1.88. The fourth-order valence-electron chi connectivity index (χ4n) is 2.45. The third-order valence-electron chi connectivity index (χ3n) is 3.25. The zero-order chi connectivity index (χ0) is 14.5. The molecule has 0 amide bonds. The standard InChI is InChI=1S/C13H23ClN6/c1-10(9-19(2)3)15-12-16-11(14)17-13(18-12)20-7-5-4-6-8-20/h10H,4-9H2,1-3H3,(H,15,16,17,18). The molecule has 112 valence electrons. The zero-order valence-electron chi connectivity index (χ0n) is 12.4. The predicted molar refractivity (Wildman–Crippen MR) is 82.5 cm³/mol. The van der Waals surface area contributed by atoms with Crippen molar-refractivity contribution in [3.8, 4) is 0 Å². The van der Waals surface area contributed by atoms with Gasteiger partial charge in [-0.3, -0.25) is 0 Å². The van der Waals surface area contributed by atoms with Crippen LogP contribution in [-0.2, 0) is 0 Å². The molecule has 0 saturated carbocycles. The number of halogens is 1. The van der Waals surface area contributed by atoms with Gasteiger partial charge in [0.25, 0.3) is 0 Å². The van der Waals surface area contributed by atoms with E-state index in [9.17, 15) is 0 Å². The molecular weight excluding hydrogens is 276 g/mol. The van der Waals surface area contributed by atoms with Crippen LogP contribution in [0.1, 0.15) is 26.2 Å². The first-order valence-electron chi connectivity index (χ1n) is 7.12. The van der Waals surface area contributed by atoms with Crippen molar-refractivity contribution in [1.82, 2.24) is 19.9 Å². The first-order valence-corrected chi connectivity index (χ1v) is 7.50. The van der Waals surface area contributed by atoms with Gasteiger partial charge in [0.2, 0.25) is 17.2 Å². The van der Waals surface area contributed by atoms with E-state index in [0.717, 1.165) is 19.6 Å². The van der Waals surface area contributed by atoms with Gasteiger partial charge in [-0.2, -0.15) is 15.0 Å². The molecule has 0 bridgehead atoms. The van der Waals surface area contributed by atoms with Gasteiger partial charge in [-0.25, -0.2) is 0 Å². The average molecular weight is 299 g/mol. The van der Waals surface area contributed by atoms with Crippen LogP contribution in [0.4, 0.5) is 11.9 Å². The molecule has 0 aromatic carbocycles. The lowest BCUT2D eigenvalue weighted by Crippen LogP contribution is -2.33. The van der Waals surface area contributed by atoms with Crippen LogP contribution in [-0.4, -0.2) is 59.6 Å². The van der Waals surface area contributed by atoms with E-state index in [1.165, 1.54) is 19.3 Å². The molecule has 1 aromatic heterocycles. The molecular formula is C13H23ClN6. The maximum atomic E-state index is 6.02. The zero-order valence-corrected chi connectivity index (χ0v) is 13.2. The van der Waals surface area contributed by atoms with E-state index in [0.29, 0.717) is 11.9 Å². The van der Waals surface area contributed by atoms with Crippen molar-refractivity contribution < 1.29 is 0 Å². The van der Waals surface area contributed by atoms with Crippen molar-refractivity contribution in [1.29, 1.82) is 0 Å². The van der Waals surface area contributed by atoms with Crippen LogP contribution in [0, 0.1) is 0 Å². The van der Waals surface area contributed by atoms with Gasteiger partial charge in [-0.05, 0) is 51.9 Å². The number of piperidine rings is 1. The van der Waals surface area contributed by atoms with Gasteiger partial charge in [0.15, 0.2) is 0 Å². The van der Waals surface area contributed by atoms with Gasteiger partial charge in [0.1, 0.15) is 0 Å². The Morgan fingerprint density at radius 2 is 1.90 bits per heavy atom. The second-order valence-electron chi connectivity index (χ2n) is 5.58. The third kappa shape index (κ3) is 4.45. The maximum Gasteiger partial charge on any atom is 0.231 e. The number of anilines is 2. The van der Waals surface area contributed by atoms with Crippen LogP contribution in [0.5, 0.6) is 0 Å². The fourth-order valence-corrected chi connectivity index (χ4v) is 2.61. The highest BCUT2D eigenvalue weighted by atomic mass is 35.5. The van der Waals surface area contributed by atoms with Gasteiger partial charge in [0.05, 0.1) is 0 Å². The van der Waals surface area contributed by atoms with Crippen LogP contribution in [0.15, 0.2) is 0 Å². The van der Waals surface area contributed by atoms with Crippen molar-refractivity contribution in [3.63, 3.8) is 0 Å². The molecule has 1 saturated heterocycles. The SMILES string of the molecule is CC(CN(C)C)Nc1nc(Cl)nc(N2CCCCC2)n1. The summed E-state index contributed by atoms with van der Waals surface area (Å²) in [4.78, 5) is 17.2. The summed E-state index contributed by atoms with van der Waals surface area (Å²) in [5.74, 6) is 1.24. The van der Waals surface area contributed by atoms with Gasteiger partial charge >= 0.3 is 0 Å². The van der Waals surface area contributed by atoms with E-state index in [2.05, 4.69) is 37.0 Å². The molecule has 6 nitrogen and oxygen atoms in total. The number of aromatic nitrogens is 3. The molecule has 2 heterocycles. The third-order valence-corrected chi connectivity index (χ3v) is 3.42. The van der Waals surface area contributed by atoms with Gasteiger partial charge in [0, 0.05) is 25.7 Å². The minimum Gasteiger partial charge on any atom is -0.350 e. The second kappa shape index (κ2) is 7.04. The lowest BCUT2D eigenvalue weighted by molar-refractivity contribution is 0.391. The fraction of sp³-hybridized carbons (Fsp3) is 0.769. The summed E-state index contributed by atoms with van der Waals surface area (Å²) in [6.45, 7) is 4.99. The minimum atomic E-state index is 0.248. The molecule has 1 aliphatic heterocycles. The lowest BCUT2D eigenvalue weighted by atomic mass is 10.1. The molecule has 1 aromatic rings. The molecule has 1 unspecified atom stereocenters. The number of rotatable bonds is 5. The number of hydrogen-bond donors (Lipinski definition) is 1. The van der Waals surface area contributed by atoms with E-state index in [1.54, 1.807) is 0 Å². The van der Waals surface area contributed by atoms with E-state index < -0.39 is 0 Å². The Labute approximate surface area is 125 Å². The number of nitrogens with one attached hydrogen (secondary N) is 1. The summed E-state index contributed by atoms with van der Waals surface area (Å²) in [5.41, 5.74) is 0. The quantitative estimate of drug-likeness (QED) is 0.896. The van der Waals surface area contributed by atoms with E-state index >= 15 is 0 Å². The van der Waals surface area contributed by atoms with Crippen LogP contribution < -0.4 is 10.2 Å². The Morgan fingerprint density at radius 3 is 2.55 bits per heavy atom. The highest BCUT2D eigenvalue weighted by Crippen LogP contribution is 2.18. The smallest absolute Gasteiger partial charge is 0.231 e. The molecule has 1 atom stereocenters. The van der Waals surface area contributed by atoms with Crippen molar-refractivity contribution in [2.75, 3.05) is 43.9 Å². The Bertz CT molecular complexity index is 433. The molecule has 0 spiro atoms. The Morgan fingerprint density at radius 1 is 1.20 bits per heavy atom. The van der Waals surface area contributed by atoms with Gasteiger partial charge in [-0.1, -0.05) is 0 Å².